The lowest BCUT2D eigenvalue weighted by Crippen LogP contribution is -1.90. The van der Waals surface area contributed by atoms with Crippen molar-refractivity contribution in [2.24, 2.45) is 0 Å². The topological polar surface area (TPSA) is 64.9 Å². The first kappa shape index (κ1) is 13.0. The molecule has 0 aliphatic rings. The predicted molar refractivity (Wildman–Crippen MR) is 73.5 cm³/mol. The zero-order chi connectivity index (χ0) is 13.1. The van der Waals surface area contributed by atoms with Crippen molar-refractivity contribution in [2.75, 3.05) is 5.73 Å². The molecule has 2 N–H and O–H groups in total. The fourth-order valence-electron chi connectivity index (χ4n) is 1.45. The molecule has 0 fully saturated rings. The standard InChI is InChI=1S/C13H17N3OS/c1-8(2)13-15-12(16-17-13)7-18-10-4-5-11(14)9(3)6-10/h4-6,8H,7,14H2,1-3H3. The van der Waals surface area contributed by atoms with Crippen molar-refractivity contribution in [1.29, 1.82) is 0 Å². The minimum absolute atomic E-state index is 0.273. The molecule has 96 valence electrons. The van der Waals surface area contributed by atoms with E-state index in [-0.39, 0.29) is 5.92 Å². The lowest BCUT2D eigenvalue weighted by molar-refractivity contribution is 0.362. The van der Waals surface area contributed by atoms with Gasteiger partial charge in [-0.1, -0.05) is 19.0 Å². The number of aromatic nitrogens is 2. The van der Waals surface area contributed by atoms with E-state index in [1.807, 2.05) is 32.9 Å². The Bertz CT molecular complexity index is 537. The number of rotatable bonds is 4. The van der Waals surface area contributed by atoms with Crippen LogP contribution in [0.15, 0.2) is 27.6 Å². The quantitative estimate of drug-likeness (QED) is 0.676. The van der Waals surface area contributed by atoms with Gasteiger partial charge in [-0.25, -0.2) is 0 Å². The van der Waals surface area contributed by atoms with E-state index in [9.17, 15) is 0 Å². The Balaban J connectivity index is 2.00. The zero-order valence-electron chi connectivity index (χ0n) is 10.8. The molecule has 1 heterocycles. The predicted octanol–water partition coefficient (Wildman–Crippen LogP) is 3.38. The number of anilines is 1. The molecular weight excluding hydrogens is 246 g/mol. The van der Waals surface area contributed by atoms with Gasteiger partial charge in [-0.05, 0) is 30.7 Å². The van der Waals surface area contributed by atoms with Gasteiger partial charge in [0.15, 0.2) is 5.82 Å². The maximum absolute atomic E-state index is 5.78. The molecule has 18 heavy (non-hydrogen) atoms. The number of hydrogen-bond acceptors (Lipinski definition) is 5. The van der Waals surface area contributed by atoms with Crippen LogP contribution in [-0.4, -0.2) is 10.1 Å². The highest BCUT2D eigenvalue weighted by atomic mass is 32.2. The summed E-state index contributed by atoms with van der Waals surface area (Å²) in [5, 5.41) is 3.96. The largest absolute Gasteiger partial charge is 0.399 e. The zero-order valence-corrected chi connectivity index (χ0v) is 11.6. The molecule has 0 atom stereocenters. The van der Waals surface area contributed by atoms with Crippen molar-refractivity contribution in [1.82, 2.24) is 10.1 Å². The maximum Gasteiger partial charge on any atom is 0.229 e. The Hall–Kier alpha value is -1.49. The average molecular weight is 263 g/mol. The van der Waals surface area contributed by atoms with Gasteiger partial charge >= 0.3 is 0 Å². The number of benzene rings is 1. The molecule has 5 heteroatoms. The summed E-state index contributed by atoms with van der Waals surface area (Å²) in [6.45, 7) is 6.08. The number of hydrogen-bond donors (Lipinski definition) is 1. The number of aryl methyl sites for hydroxylation is 1. The summed E-state index contributed by atoms with van der Waals surface area (Å²) in [5.41, 5.74) is 7.70. The first-order chi connectivity index (χ1) is 8.56. The van der Waals surface area contributed by atoms with Crippen LogP contribution in [0.1, 0.15) is 37.0 Å². The Morgan fingerprint density at radius 3 is 2.78 bits per heavy atom. The van der Waals surface area contributed by atoms with Gasteiger partial charge in [0.05, 0.1) is 5.75 Å². The first-order valence-corrected chi connectivity index (χ1v) is 6.86. The minimum atomic E-state index is 0.273. The van der Waals surface area contributed by atoms with Crippen LogP contribution in [0.3, 0.4) is 0 Å². The second-order valence-electron chi connectivity index (χ2n) is 4.51. The van der Waals surface area contributed by atoms with Crippen molar-refractivity contribution in [3.8, 4) is 0 Å². The smallest absolute Gasteiger partial charge is 0.229 e. The number of nitrogen functional groups attached to an aromatic ring is 1. The number of thioether (sulfide) groups is 1. The second kappa shape index (κ2) is 5.44. The summed E-state index contributed by atoms with van der Waals surface area (Å²) < 4.78 is 5.16. The third kappa shape index (κ3) is 3.04. The van der Waals surface area contributed by atoms with E-state index in [0.29, 0.717) is 11.6 Å². The van der Waals surface area contributed by atoms with E-state index in [0.717, 1.165) is 22.0 Å². The van der Waals surface area contributed by atoms with Crippen LogP contribution in [0.4, 0.5) is 5.69 Å². The molecule has 0 radical (unpaired) electrons. The van der Waals surface area contributed by atoms with Crippen LogP contribution in [-0.2, 0) is 5.75 Å². The van der Waals surface area contributed by atoms with Crippen LogP contribution < -0.4 is 5.73 Å². The second-order valence-corrected chi connectivity index (χ2v) is 5.56. The van der Waals surface area contributed by atoms with E-state index < -0.39 is 0 Å². The molecule has 0 unspecified atom stereocenters. The van der Waals surface area contributed by atoms with E-state index in [1.165, 1.54) is 0 Å². The highest BCUT2D eigenvalue weighted by molar-refractivity contribution is 7.98. The summed E-state index contributed by atoms with van der Waals surface area (Å²) in [4.78, 5) is 5.51. The molecule has 0 amide bonds. The van der Waals surface area contributed by atoms with Crippen LogP contribution in [0.25, 0.3) is 0 Å². The Labute approximate surface area is 111 Å². The molecule has 0 spiro atoms. The lowest BCUT2D eigenvalue weighted by atomic mass is 10.2. The van der Waals surface area contributed by atoms with Crippen LogP contribution >= 0.6 is 11.8 Å². The minimum Gasteiger partial charge on any atom is -0.399 e. The van der Waals surface area contributed by atoms with E-state index >= 15 is 0 Å². The van der Waals surface area contributed by atoms with Crippen LogP contribution in [0.2, 0.25) is 0 Å². The van der Waals surface area contributed by atoms with E-state index in [1.54, 1.807) is 11.8 Å². The summed E-state index contributed by atoms with van der Waals surface area (Å²) in [5.74, 6) is 2.41. The van der Waals surface area contributed by atoms with Crippen molar-refractivity contribution in [3.05, 3.63) is 35.5 Å². The molecular formula is C13H17N3OS. The fraction of sp³-hybridized carbons (Fsp3) is 0.385. The van der Waals surface area contributed by atoms with Crippen molar-refractivity contribution < 1.29 is 4.52 Å². The van der Waals surface area contributed by atoms with Gasteiger partial charge in [-0.3, -0.25) is 0 Å². The number of nitrogens with zero attached hydrogens (tertiary/aromatic N) is 2. The average Bonchev–Trinajstić information content (AvgIpc) is 2.79. The van der Waals surface area contributed by atoms with Gasteiger partial charge in [0, 0.05) is 16.5 Å². The van der Waals surface area contributed by atoms with Gasteiger partial charge in [0.2, 0.25) is 5.89 Å². The number of nitrogens with two attached hydrogens (primary N) is 1. The maximum atomic E-state index is 5.78. The molecule has 4 nitrogen and oxygen atoms in total. The summed E-state index contributed by atoms with van der Waals surface area (Å²) >= 11 is 1.68. The van der Waals surface area contributed by atoms with Gasteiger partial charge in [-0.2, -0.15) is 4.98 Å². The van der Waals surface area contributed by atoms with Gasteiger partial charge in [0.1, 0.15) is 0 Å². The highest BCUT2D eigenvalue weighted by Crippen LogP contribution is 2.25. The van der Waals surface area contributed by atoms with E-state index in [2.05, 4.69) is 16.2 Å². The molecule has 0 aliphatic heterocycles. The first-order valence-electron chi connectivity index (χ1n) is 5.87. The Kier molecular flexibility index (Phi) is 3.91. The molecule has 0 bridgehead atoms. The summed E-state index contributed by atoms with van der Waals surface area (Å²) in [7, 11) is 0. The summed E-state index contributed by atoms with van der Waals surface area (Å²) in [6, 6.07) is 6.01. The van der Waals surface area contributed by atoms with Gasteiger partial charge in [-0.15, -0.1) is 11.8 Å². The Morgan fingerprint density at radius 1 is 1.39 bits per heavy atom. The SMILES string of the molecule is Cc1cc(SCc2noc(C(C)C)n2)ccc1N. The van der Waals surface area contributed by atoms with Crippen molar-refractivity contribution >= 4 is 17.4 Å². The third-order valence-electron chi connectivity index (χ3n) is 2.59. The molecule has 1 aromatic carbocycles. The fourth-order valence-corrected chi connectivity index (χ4v) is 2.28. The molecule has 0 aliphatic carbocycles. The van der Waals surface area contributed by atoms with Crippen LogP contribution in [0, 0.1) is 6.92 Å². The molecule has 0 saturated carbocycles. The van der Waals surface area contributed by atoms with Gasteiger partial charge in [0.25, 0.3) is 0 Å². The molecule has 2 aromatic rings. The summed E-state index contributed by atoms with van der Waals surface area (Å²) in [6.07, 6.45) is 0. The molecule has 0 saturated heterocycles. The molecule has 2 rings (SSSR count). The normalized spacial score (nSPS) is 11.1. The van der Waals surface area contributed by atoms with Crippen molar-refractivity contribution in [2.45, 2.75) is 37.3 Å². The Morgan fingerprint density at radius 2 is 2.17 bits per heavy atom. The highest BCUT2D eigenvalue weighted by Gasteiger charge is 2.10. The monoisotopic (exact) mass is 263 g/mol. The van der Waals surface area contributed by atoms with Gasteiger partial charge < -0.3 is 10.3 Å². The van der Waals surface area contributed by atoms with Crippen LogP contribution in [0.5, 0.6) is 0 Å². The lowest BCUT2D eigenvalue weighted by Gasteiger charge is -2.03. The van der Waals surface area contributed by atoms with Crippen molar-refractivity contribution in [3.63, 3.8) is 0 Å². The molecule has 1 aromatic heterocycles. The third-order valence-corrected chi connectivity index (χ3v) is 3.58. The van der Waals surface area contributed by atoms with E-state index in [4.69, 9.17) is 10.3 Å².